The van der Waals surface area contributed by atoms with Crippen molar-refractivity contribution in [2.45, 2.75) is 70.0 Å². The van der Waals surface area contributed by atoms with Gasteiger partial charge in [-0.15, -0.1) is 0 Å². The van der Waals surface area contributed by atoms with Crippen LogP contribution in [0, 0.1) is 0 Å². The zero-order chi connectivity index (χ0) is 24.2. The number of thiocarbonyl (C=S) groups is 1. The summed E-state index contributed by atoms with van der Waals surface area (Å²) in [7, 11) is 4.16. The first kappa shape index (κ1) is 23.8. The molecule has 2 aliphatic rings. The SMILES string of the molecule is CN(C)c1nc(N[C@H]2CC[C@@H](NC(=S)NCc3cccc4ccccc34)CC2)nc2c1CCCC2. The van der Waals surface area contributed by atoms with Crippen molar-refractivity contribution in [3.8, 4) is 0 Å². The van der Waals surface area contributed by atoms with E-state index in [9.17, 15) is 0 Å². The zero-order valence-corrected chi connectivity index (χ0v) is 21.6. The summed E-state index contributed by atoms with van der Waals surface area (Å²) < 4.78 is 0. The average molecular weight is 489 g/mol. The van der Waals surface area contributed by atoms with Crippen LogP contribution in [-0.2, 0) is 19.4 Å². The summed E-state index contributed by atoms with van der Waals surface area (Å²) in [6.07, 6.45) is 8.95. The van der Waals surface area contributed by atoms with Crippen LogP contribution in [0.2, 0.25) is 0 Å². The Kier molecular flexibility index (Phi) is 7.32. The van der Waals surface area contributed by atoms with Crippen LogP contribution in [0.15, 0.2) is 42.5 Å². The number of hydrogen-bond donors (Lipinski definition) is 3. The number of hydrogen-bond acceptors (Lipinski definition) is 5. The molecule has 1 aromatic heterocycles. The van der Waals surface area contributed by atoms with Gasteiger partial charge in [-0.1, -0.05) is 42.5 Å². The average Bonchev–Trinajstić information content (AvgIpc) is 2.88. The van der Waals surface area contributed by atoms with Gasteiger partial charge < -0.3 is 20.9 Å². The lowest BCUT2D eigenvalue weighted by Crippen LogP contribution is -2.44. The van der Waals surface area contributed by atoms with Gasteiger partial charge in [0.2, 0.25) is 5.95 Å². The minimum atomic E-state index is 0.405. The topological polar surface area (TPSA) is 65.1 Å². The van der Waals surface area contributed by atoms with E-state index in [1.54, 1.807) is 0 Å². The molecule has 0 radical (unpaired) electrons. The number of fused-ring (bicyclic) bond motifs is 2. The number of nitrogens with one attached hydrogen (secondary N) is 3. The van der Waals surface area contributed by atoms with E-state index in [1.807, 2.05) is 0 Å². The third kappa shape index (κ3) is 5.67. The summed E-state index contributed by atoms with van der Waals surface area (Å²) in [6, 6.07) is 15.7. The minimum absolute atomic E-state index is 0.405. The Morgan fingerprint density at radius 2 is 1.69 bits per heavy atom. The van der Waals surface area contributed by atoms with Gasteiger partial charge in [0.1, 0.15) is 5.82 Å². The first-order chi connectivity index (χ1) is 17.1. The van der Waals surface area contributed by atoms with E-state index >= 15 is 0 Å². The highest BCUT2D eigenvalue weighted by atomic mass is 32.1. The lowest BCUT2D eigenvalue weighted by Gasteiger charge is -2.31. The van der Waals surface area contributed by atoms with Crippen molar-refractivity contribution in [1.82, 2.24) is 20.6 Å². The van der Waals surface area contributed by atoms with Gasteiger partial charge in [0.05, 0.1) is 5.69 Å². The third-order valence-electron chi connectivity index (χ3n) is 7.30. The third-order valence-corrected chi connectivity index (χ3v) is 7.56. The predicted molar refractivity (Wildman–Crippen MR) is 149 cm³/mol. The van der Waals surface area contributed by atoms with E-state index in [4.69, 9.17) is 22.2 Å². The smallest absolute Gasteiger partial charge is 0.225 e. The molecule has 0 atom stereocenters. The Balaban J connectivity index is 1.12. The molecule has 1 saturated carbocycles. The molecule has 0 aliphatic heterocycles. The maximum absolute atomic E-state index is 5.62. The second-order valence-electron chi connectivity index (χ2n) is 10.1. The van der Waals surface area contributed by atoms with Crippen LogP contribution in [0.1, 0.15) is 55.3 Å². The fourth-order valence-electron chi connectivity index (χ4n) is 5.43. The highest BCUT2D eigenvalue weighted by Gasteiger charge is 2.24. The van der Waals surface area contributed by atoms with Crippen LogP contribution in [0.3, 0.4) is 0 Å². The Morgan fingerprint density at radius 3 is 2.51 bits per heavy atom. The monoisotopic (exact) mass is 488 g/mol. The van der Waals surface area contributed by atoms with E-state index in [0.29, 0.717) is 12.1 Å². The second-order valence-corrected chi connectivity index (χ2v) is 10.5. The molecule has 6 nitrogen and oxygen atoms in total. The molecule has 2 aromatic carbocycles. The molecule has 0 saturated heterocycles. The van der Waals surface area contributed by atoms with E-state index in [1.165, 1.54) is 40.4 Å². The molecule has 7 heteroatoms. The summed E-state index contributed by atoms with van der Waals surface area (Å²) >= 11 is 5.62. The van der Waals surface area contributed by atoms with Crippen LogP contribution in [0.25, 0.3) is 10.8 Å². The Bertz CT molecular complexity index is 1180. The van der Waals surface area contributed by atoms with E-state index < -0.39 is 0 Å². The number of aromatic nitrogens is 2. The number of nitrogens with zero attached hydrogens (tertiary/aromatic N) is 3. The quantitative estimate of drug-likeness (QED) is 0.424. The van der Waals surface area contributed by atoms with Crippen LogP contribution in [-0.4, -0.2) is 41.3 Å². The Hall–Kier alpha value is -2.93. The molecule has 0 unspecified atom stereocenters. The molecule has 184 valence electrons. The van der Waals surface area contributed by atoms with Gasteiger partial charge in [0.25, 0.3) is 0 Å². The predicted octanol–water partition coefficient (Wildman–Crippen LogP) is 4.96. The van der Waals surface area contributed by atoms with Crippen molar-refractivity contribution in [3.63, 3.8) is 0 Å². The molecule has 1 heterocycles. The normalized spacial score (nSPS) is 19.6. The van der Waals surface area contributed by atoms with Crippen molar-refractivity contribution >= 4 is 39.9 Å². The van der Waals surface area contributed by atoms with Crippen molar-refractivity contribution in [2.24, 2.45) is 0 Å². The number of benzene rings is 2. The fraction of sp³-hybridized carbons (Fsp3) is 0.464. The summed E-state index contributed by atoms with van der Waals surface area (Å²) in [4.78, 5) is 11.9. The summed E-state index contributed by atoms with van der Waals surface area (Å²) in [5.41, 5.74) is 3.84. The van der Waals surface area contributed by atoms with Crippen LogP contribution >= 0.6 is 12.2 Å². The molecule has 0 bridgehead atoms. The molecular formula is C28H36N6S. The standard InChI is InChI=1S/C28H36N6S/c1-34(2)26-24-12-5-6-13-25(24)32-27(33-26)30-21-14-16-22(17-15-21)31-28(35)29-18-20-10-7-9-19-8-3-4-11-23(19)20/h3-4,7-11,21-22H,5-6,12-18H2,1-2H3,(H2,29,31,35)(H,30,32,33)/t21-,22+. The molecule has 5 rings (SSSR count). The number of rotatable bonds is 6. The molecule has 0 spiro atoms. The Labute approximate surface area is 213 Å². The van der Waals surface area contributed by atoms with E-state index in [0.717, 1.165) is 61.9 Å². The van der Waals surface area contributed by atoms with Crippen molar-refractivity contribution in [1.29, 1.82) is 0 Å². The summed E-state index contributed by atoms with van der Waals surface area (Å²) in [5.74, 6) is 1.87. The van der Waals surface area contributed by atoms with Gasteiger partial charge >= 0.3 is 0 Å². The molecule has 35 heavy (non-hydrogen) atoms. The molecule has 1 fully saturated rings. The molecule has 0 amide bonds. The van der Waals surface area contributed by atoms with Crippen molar-refractivity contribution < 1.29 is 0 Å². The molecule has 3 aromatic rings. The lowest BCUT2D eigenvalue weighted by molar-refractivity contribution is 0.385. The first-order valence-electron chi connectivity index (χ1n) is 12.9. The van der Waals surface area contributed by atoms with Crippen LogP contribution in [0.4, 0.5) is 11.8 Å². The van der Waals surface area contributed by atoms with Gasteiger partial charge in [-0.2, -0.15) is 4.98 Å². The fourth-order valence-corrected chi connectivity index (χ4v) is 5.67. The second kappa shape index (κ2) is 10.8. The number of aryl methyl sites for hydroxylation is 1. The molecule has 2 aliphatic carbocycles. The van der Waals surface area contributed by atoms with Crippen LogP contribution in [0.5, 0.6) is 0 Å². The Morgan fingerprint density at radius 1 is 0.943 bits per heavy atom. The summed E-state index contributed by atoms with van der Waals surface area (Å²) in [6.45, 7) is 0.730. The van der Waals surface area contributed by atoms with E-state index in [-0.39, 0.29) is 0 Å². The van der Waals surface area contributed by atoms with Gasteiger partial charge in [-0.3, -0.25) is 0 Å². The van der Waals surface area contributed by atoms with Gasteiger partial charge in [0, 0.05) is 38.3 Å². The first-order valence-corrected chi connectivity index (χ1v) is 13.3. The lowest BCUT2D eigenvalue weighted by atomic mass is 9.91. The highest BCUT2D eigenvalue weighted by Crippen LogP contribution is 2.29. The highest BCUT2D eigenvalue weighted by molar-refractivity contribution is 7.80. The van der Waals surface area contributed by atoms with Crippen LogP contribution < -0.4 is 20.9 Å². The van der Waals surface area contributed by atoms with Gasteiger partial charge in [0.15, 0.2) is 5.11 Å². The largest absolute Gasteiger partial charge is 0.362 e. The van der Waals surface area contributed by atoms with Crippen molar-refractivity contribution in [3.05, 3.63) is 59.3 Å². The number of anilines is 2. The van der Waals surface area contributed by atoms with Crippen molar-refractivity contribution in [2.75, 3.05) is 24.3 Å². The molecular weight excluding hydrogens is 452 g/mol. The maximum atomic E-state index is 5.62. The maximum Gasteiger partial charge on any atom is 0.225 e. The zero-order valence-electron chi connectivity index (χ0n) is 20.8. The molecule has 3 N–H and O–H groups in total. The minimum Gasteiger partial charge on any atom is -0.362 e. The van der Waals surface area contributed by atoms with E-state index in [2.05, 4.69) is 77.4 Å². The van der Waals surface area contributed by atoms with Gasteiger partial charge in [-0.05, 0) is 79.9 Å². The summed E-state index contributed by atoms with van der Waals surface area (Å²) in [5, 5.41) is 13.9. The van der Waals surface area contributed by atoms with Gasteiger partial charge in [-0.25, -0.2) is 4.98 Å².